The Balaban J connectivity index is 2.47. The summed E-state index contributed by atoms with van der Waals surface area (Å²) in [5.41, 5.74) is 1.70. The standard InChI is InChI=1S/C14H19BrFN3S/c1-14(2,7-18(3)4)8-19-12-6-10(16)9(15)5-11(12)17-13(19)20/h5-6H,7-8H2,1-4H3,(H,17,20). The molecular formula is C14H19BrFN3S. The maximum atomic E-state index is 13.8. The topological polar surface area (TPSA) is 24.0 Å². The first-order valence-electron chi connectivity index (χ1n) is 6.42. The number of fused-ring (bicyclic) bond motifs is 1. The molecule has 2 rings (SSSR count). The van der Waals surface area contributed by atoms with Gasteiger partial charge in [-0.1, -0.05) is 13.8 Å². The van der Waals surface area contributed by atoms with Gasteiger partial charge in [0.2, 0.25) is 0 Å². The van der Waals surface area contributed by atoms with Crippen molar-refractivity contribution >= 4 is 39.2 Å². The number of halogens is 2. The van der Waals surface area contributed by atoms with Gasteiger partial charge in [0.15, 0.2) is 4.77 Å². The Morgan fingerprint density at radius 2 is 2.05 bits per heavy atom. The lowest BCUT2D eigenvalue weighted by molar-refractivity contribution is 0.212. The van der Waals surface area contributed by atoms with Crippen LogP contribution < -0.4 is 0 Å². The highest BCUT2D eigenvalue weighted by molar-refractivity contribution is 9.10. The molecule has 3 nitrogen and oxygen atoms in total. The minimum Gasteiger partial charge on any atom is -0.331 e. The Bertz CT molecular complexity index is 688. The van der Waals surface area contributed by atoms with E-state index in [1.807, 2.05) is 18.7 Å². The van der Waals surface area contributed by atoms with Gasteiger partial charge in [0, 0.05) is 19.2 Å². The Morgan fingerprint density at radius 1 is 1.40 bits per heavy atom. The van der Waals surface area contributed by atoms with Crippen molar-refractivity contribution in [2.75, 3.05) is 20.6 Å². The van der Waals surface area contributed by atoms with Crippen LogP contribution in [0, 0.1) is 16.0 Å². The van der Waals surface area contributed by atoms with Gasteiger partial charge in [0.1, 0.15) is 5.82 Å². The zero-order valence-corrected chi connectivity index (χ0v) is 14.5. The number of aromatic nitrogens is 2. The van der Waals surface area contributed by atoms with Gasteiger partial charge >= 0.3 is 0 Å². The highest BCUT2D eigenvalue weighted by atomic mass is 79.9. The molecule has 1 heterocycles. The van der Waals surface area contributed by atoms with Crippen LogP contribution in [-0.4, -0.2) is 35.1 Å². The van der Waals surface area contributed by atoms with E-state index in [1.165, 1.54) is 6.07 Å². The van der Waals surface area contributed by atoms with Crippen molar-refractivity contribution in [1.29, 1.82) is 0 Å². The van der Waals surface area contributed by atoms with Crippen molar-refractivity contribution in [1.82, 2.24) is 14.5 Å². The molecular weight excluding hydrogens is 341 g/mol. The number of benzene rings is 1. The summed E-state index contributed by atoms with van der Waals surface area (Å²) in [6.07, 6.45) is 0. The molecule has 0 aliphatic carbocycles. The van der Waals surface area contributed by atoms with Crippen molar-refractivity contribution in [3.05, 3.63) is 27.2 Å². The number of rotatable bonds is 4. The van der Waals surface area contributed by atoms with Crippen LogP contribution in [0.25, 0.3) is 11.0 Å². The minimum absolute atomic E-state index is 0.0421. The molecule has 0 bridgehead atoms. The first-order valence-corrected chi connectivity index (χ1v) is 7.62. The molecule has 0 spiro atoms. The molecule has 0 aliphatic heterocycles. The van der Waals surface area contributed by atoms with Crippen LogP contribution >= 0.6 is 28.1 Å². The lowest BCUT2D eigenvalue weighted by Crippen LogP contribution is -2.32. The van der Waals surface area contributed by atoms with Crippen LogP contribution in [0.2, 0.25) is 0 Å². The molecule has 0 aliphatic rings. The predicted molar refractivity (Wildman–Crippen MR) is 87.1 cm³/mol. The molecule has 1 N–H and O–H groups in total. The van der Waals surface area contributed by atoms with E-state index in [0.717, 1.165) is 24.1 Å². The number of hydrogen-bond donors (Lipinski definition) is 1. The quantitative estimate of drug-likeness (QED) is 0.827. The molecule has 0 radical (unpaired) electrons. The molecule has 1 aromatic carbocycles. The zero-order chi connectivity index (χ0) is 15.1. The summed E-state index contributed by atoms with van der Waals surface area (Å²) in [5, 5.41) is 0. The van der Waals surface area contributed by atoms with Gasteiger partial charge in [0.05, 0.1) is 15.5 Å². The second-order valence-electron chi connectivity index (χ2n) is 6.20. The van der Waals surface area contributed by atoms with Crippen LogP contribution in [0.4, 0.5) is 4.39 Å². The molecule has 0 saturated heterocycles. The van der Waals surface area contributed by atoms with Gasteiger partial charge in [-0.3, -0.25) is 0 Å². The third-order valence-electron chi connectivity index (χ3n) is 3.15. The molecule has 1 aromatic heterocycles. The second-order valence-corrected chi connectivity index (χ2v) is 7.44. The molecule has 0 amide bonds. The van der Waals surface area contributed by atoms with Gasteiger partial charge in [0.25, 0.3) is 0 Å². The number of H-pyrrole nitrogens is 1. The van der Waals surface area contributed by atoms with E-state index < -0.39 is 0 Å². The predicted octanol–water partition coefficient (Wildman–Crippen LogP) is 4.19. The van der Waals surface area contributed by atoms with E-state index in [2.05, 4.69) is 39.7 Å². The number of nitrogens with zero attached hydrogens (tertiary/aromatic N) is 2. The van der Waals surface area contributed by atoms with Crippen molar-refractivity contribution in [3.8, 4) is 0 Å². The molecule has 0 fully saturated rings. The van der Waals surface area contributed by atoms with Crippen LogP contribution in [0.5, 0.6) is 0 Å². The summed E-state index contributed by atoms with van der Waals surface area (Å²) in [6.45, 7) is 6.04. The Kier molecular flexibility index (Phi) is 4.37. The fourth-order valence-corrected chi connectivity index (χ4v) is 3.26. The molecule has 0 atom stereocenters. The molecule has 20 heavy (non-hydrogen) atoms. The van der Waals surface area contributed by atoms with Crippen molar-refractivity contribution in [3.63, 3.8) is 0 Å². The van der Waals surface area contributed by atoms with E-state index >= 15 is 0 Å². The van der Waals surface area contributed by atoms with Crippen molar-refractivity contribution < 1.29 is 4.39 Å². The van der Waals surface area contributed by atoms with Crippen LogP contribution in [0.15, 0.2) is 16.6 Å². The average Bonchev–Trinajstić information content (AvgIpc) is 2.54. The number of aromatic amines is 1. The van der Waals surface area contributed by atoms with Crippen LogP contribution in [0.3, 0.4) is 0 Å². The van der Waals surface area contributed by atoms with Gasteiger partial charge in [-0.2, -0.15) is 0 Å². The van der Waals surface area contributed by atoms with Gasteiger partial charge < -0.3 is 14.5 Å². The highest BCUT2D eigenvalue weighted by Crippen LogP contribution is 2.26. The largest absolute Gasteiger partial charge is 0.331 e. The first-order chi connectivity index (χ1) is 9.19. The number of hydrogen-bond acceptors (Lipinski definition) is 2. The third-order valence-corrected chi connectivity index (χ3v) is 4.08. The Morgan fingerprint density at radius 3 is 2.65 bits per heavy atom. The van der Waals surface area contributed by atoms with Gasteiger partial charge in [-0.15, -0.1) is 0 Å². The van der Waals surface area contributed by atoms with Gasteiger partial charge in [-0.05, 0) is 53.7 Å². The molecule has 0 unspecified atom stereocenters. The summed E-state index contributed by atoms with van der Waals surface area (Å²) in [4.78, 5) is 5.29. The molecule has 110 valence electrons. The fourth-order valence-electron chi connectivity index (χ4n) is 2.64. The van der Waals surface area contributed by atoms with E-state index in [1.54, 1.807) is 6.07 Å². The first kappa shape index (κ1) is 15.7. The minimum atomic E-state index is -0.273. The SMILES string of the molecule is CN(C)CC(C)(C)Cn1c(=S)[nH]c2cc(Br)c(F)cc21. The lowest BCUT2D eigenvalue weighted by Gasteiger charge is -2.28. The zero-order valence-electron chi connectivity index (χ0n) is 12.1. The van der Waals surface area contributed by atoms with Crippen molar-refractivity contribution in [2.24, 2.45) is 5.41 Å². The summed E-state index contributed by atoms with van der Waals surface area (Å²) < 4.78 is 16.8. The fraction of sp³-hybridized carbons (Fsp3) is 0.500. The van der Waals surface area contributed by atoms with Crippen LogP contribution in [-0.2, 0) is 6.54 Å². The molecule has 0 saturated carbocycles. The summed E-state index contributed by atoms with van der Waals surface area (Å²) in [5.74, 6) is -0.273. The second kappa shape index (κ2) is 5.58. The number of imidazole rings is 1. The van der Waals surface area contributed by atoms with Gasteiger partial charge in [-0.25, -0.2) is 4.39 Å². The smallest absolute Gasteiger partial charge is 0.178 e. The Hall–Kier alpha value is -0.720. The monoisotopic (exact) mass is 359 g/mol. The van der Waals surface area contributed by atoms with Crippen molar-refractivity contribution in [2.45, 2.75) is 20.4 Å². The van der Waals surface area contributed by atoms with E-state index in [0.29, 0.717) is 9.24 Å². The summed E-state index contributed by atoms with van der Waals surface area (Å²) >= 11 is 8.58. The van der Waals surface area contributed by atoms with E-state index in [4.69, 9.17) is 12.2 Å². The highest BCUT2D eigenvalue weighted by Gasteiger charge is 2.21. The van der Waals surface area contributed by atoms with Crippen LogP contribution in [0.1, 0.15) is 13.8 Å². The molecule has 6 heteroatoms. The maximum Gasteiger partial charge on any atom is 0.178 e. The normalized spacial score (nSPS) is 12.6. The summed E-state index contributed by atoms with van der Waals surface area (Å²) in [6, 6.07) is 3.26. The lowest BCUT2D eigenvalue weighted by atomic mass is 9.93. The maximum absolute atomic E-state index is 13.8. The van der Waals surface area contributed by atoms with E-state index in [9.17, 15) is 4.39 Å². The average molecular weight is 360 g/mol. The van der Waals surface area contributed by atoms with E-state index in [-0.39, 0.29) is 11.2 Å². The molecule has 2 aromatic rings. The number of nitrogens with one attached hydrogen (secondary N) is 1. The summed E-state index contributed by atoms with van der Waals surface area (Å²) in [7, 11) is 4.10. The third kappa shape index (κ3) is 3.30. The Labute approximate surface area is 131 Å².